The van der Waals surface area contributed by atoms with E-state index in [0.29, 0.717) is 4.99 Å². The van der Waals surface area contributed by atoms with Gasteiger partial charge in [0.15, 0.2) is 0 Å². The third kappa shape index (κ3) is 4.44. The first kappa shape index (κ1) is 16.4. The predicted octanol–water partition coefficient (Wildman–Crippen LogP) is 3.31. The molecule has 1 rings (SSSR count). The normalized spacial score (nSPS) is 20.3. The number of amides is 1. The highest BCUT2D eigenvalue weighted by Crippen LogP contribution is 2.36. The molecule has 3 N–H and O–H groups in total. The molecule has 0 aliphatic heterocycles. The van der Waals surface area contributed by atoms with Crippen molar-refractivity contribution in [1.82, 2.24) is 5.32 Å². The van der Waals surface area contributed by atoms with Crippen LogP contribution in [0.3, 0.4) is 0 Å². The summed E-state index contributed by atoms with van der Waals surface area (Å²) in [6.07, 6.45) is 9.41. The first-order chi connectivity index (χ1) is 9.03. The summed E-state index contributed by atoms with van der Waals surface area (Å²) in [6, 6.07) is 0.210. The van der Waals surface area contributed by atoms with E-state index >= 15 is 0 Å². The zero-order valence-corrected chi connectivity index (χ0v) is 13.2. The van der Waals surface area contributed by atoms with Crippen LogP contribution in [-0.4, -0.2) is 16.9 Å². The number of nitrogens with one attached hydrogen (secondary N) is 1. The summed E-state index contributed by atoms with van der Waals surface area (Å²) in [6.45, 7) is 4.23. The summed E-state index contributed by atoms with van der Waals surface area (Å²) in [5.41, 5.74) is 5.33. The van der Waals surface area contributed by atoms with E-state index in [1.807, 2.05) is 0 Å². The number of thiocarbonyl (C=S) groups is 1. The Hall–Kier alpha value is -0.640. The van der Waals surface area contributed by atoms with E-state index in [0.717, 1.165) is 44.9 Å². The smallest absolute Gasteiger partial charge is 0.233 e. The van der Waals surface area contributed by atoms with E-state index < -0.39 is 5.41 Å². The minimum Gasteiger partial charge on any atom is -0.392 e. The van der Waals surface area contributed by atoms with Crippen LogP contribution in [0, 0.1) is 5.41 Å². The molecule has 0 spiro atoms. The molecule has 19 heavy (non-hydrogen) atoms. The maximum Gasteiger partial charge on any atom is 0.233 e. The third-order valence-corrected chi connectivity index (χ3v) is 4.62. The molecular weight excluding hydrogens is 256 g/mol. The highest BCUT2D eigenvalue weighted by atomic mass is 32.1. The molecule has 3 nitrogen and oxygen atoms in total. The van der Waals surface area contributed by atoms with Crippen molar-refractivity contribution in [2.75, 3.05) is 0 Å². The fourth-order valence-corrected chi connectivity index (χ4v) is 3.16. The summed E-state index contributed by atoms with van der Waals surface area (Å²) in [4.78, 5) is 13.0. The maximum absolute atomic E-state index is 12.6. The maximum atomic E-state index is 12.6. The Bertz CT molecular complexity index is 309. The second-order valence-electron chi connectivity index (χ2n) is 5.88. The molecule has 110 valence electrons. The molecule has 0 aromatic carbocycles. The zero-order chi connectivity index (χ0) is 14.3. The third-order valence-electron chi connectivity index (χ3n) is 4.23. The van der Waals surface area contributed by atoms with Crippen molar-refractivity contribution in [1.29, 1.82) is 0 Å². The Labute approximate surface area is 122 Å². The predicted molar refractivity (Wildman–Crippen MR) is 84.1 cm³/mol. The van der Waals surface area contributed by atoms with Crippen molar-refractivity contribution in [2.24, 2.45) is 11.1 Å². The molecule has 1 amide bonds. The SMILES string of the molecule is CCCCC(C)NC(=O)C1(C(N)=S)CCCCCC1. The van der Waals surface area contributed by atoms with Crippen LogP contribution in [0.25, 0.3) is 0 Å². The Morgan fingerprint density at radius 3 is 2.37 bits per heavy atom. The van der Waals surface area contributed by atoms with E-state index in [-0.39, 0.29) is 11.9 Å². The number of carbonyl (C=O) groups is 1. The van der Waals surface area contributed by atoms with Crippen LogP contribution in [0.4, 0.5) is 0 Å². The van der Waals surface area contributed by atoms with Crippen molar-refractivity contribution in [3.8, 4) is 0 Å². The molecular formula is C15H28N2OS. The second kappa shape index (κ2) is 7.83. The number of unbranched alkanes of at least 4 members (excludes halogenated alkanes) is 1. The molecule has 1 aliphatic carbocycles. The van der Waals surface area contributed by atoms with E-state index in [1.165, 1.54) is 12.8 Å². The van der Waals surface area contributed by atoms with E-state index in [1.54, 1.807) is 0 Å². The minimum atomic E-state index is -0.591. The van der Waals surface area contributed by atoms with E-state index in [4.69, 9.17) is 18.0 Å². The molecule has 1 fully saturated rings. The number of rotatable bonds is 6. The van der Waals surface area contributed by atoms with Gasteiger partial charge >= 0.3 is 0 Å². The second-order valence-corrected chi connectivity index (χ2v) is 6.32. The monoisotopic (exact) mass is 284 g/mol. The first-order valence-electron chi connectivity index (χ1n) is 7.64. The summed E-state index contributed by atoms with van der Waals surface area (Å²) < 4.78 is 0. The molecule has 4 heteroatoms. The quantitative estimate of drug-likeness (QED) is 0.581. The van der Waals surface area contributed by atoms with Crippen molar-refractivity contribution >= 4 is 23.1 Å². The number of hydrogen-bond donors (Lipinski definition) is 2. The fourth-order valence-electron chi connectivity index (χ4n) is 2.86. The summed E-state index contributed by atoms with van der Waals surface area (Å²) in [7, 11) is 0. The van der Waals surface area contributed by atoms with E-state index in [9.17, 15) is 4.79 Å². The topological polar surface area (TPSA) is 55.1 Å². The largest absolute Gasteiger partial charge is 0.392 e. The zero-order valence-electron chi connectivity index (χ0n) is 12.3. The number of carbonyl (C=O) groups excluding carboxylic acids is 1. The molecule has 1 unspecified atom stereocenters. The highest BCUT2D eigenvalue weighted by molar-refractivity contribution is 7.80. The highest BCUT2D eigenvalue weighted by Gasteiger charge is 2.41. The fraction of sp³-hybridized carbons (Fsp3) is 0.867. The van der Waals surface area contributed by atoms with Crippen LogP contribution in [0.1, 0.15) is 71.6 Å². The van der Waals surface area contributed by atoms with Gasteiger partial charge in [-0.15, -0.1) is 0 Å². The molecule has 0 bridgehead atoms. The lowest BCUT2D eigenvalue weighted by atomic mass is 9.79. The van der Waals surface area contributed by atoms with Crippen LogP contribution < -0.4 is 11.1 Å². The summed E-state index contributed by atoms with van der Waals surface area (Å²) in [5, 5.41) is 3.13. The lowest BCUT2D eigenvalue weighted by molar-refractivity contribution is -0.128. The van der Waals surface area contributed by atoms with Crippen molar-refractivity contribution in [3.63, 3.8) is 0 Å². The average molecular weight is 284 g/mol. The van der Waals surface area contributed by atoms with Gasteiger partial charge in [-0.3, -0.25) is 4.79 Å². The number of nitrogens with two attached hydrogens (primary N) is 1. The van der Waals surface area contributed by atoms with Gasteiger partial charge in [0.2, 0.25) is 5.91 Å². The van der Waals surface area contributed by atoms with Crippen LogP contribution in [-0.2, 0) is 4.79 Å². The number of hydrogen-bond acceptors (Lipinski definition) is 2. The summed E-state index contributed by atoms with van der Waals surface area (Å²) in [5.74, 6) is 0.0607. The lowest BCUT2D eigenvalue weighted by Crippen LogP contribution is -2.50. The van der Waals surface area contributed by atoms with Crippen molar-refractivity contribution < 1.29 is 4.79 Å². The standard InChI is InChI=1S/C15H28N2OS/c1-3-4-9-12(2)17-14(18)15(13(16)19)10-7-5-6-8-11-15/h12H,3-11H2,1-2H3,(H2,16,19)(H,17,18). The Morgan fingerprint density at radius 2 is 1.89 bits per heavy atom. The summed E-state index contributed by atoms with van der Waals surface area (Å²) >= 11 is 5.22. The Morgan fingerprint density at radius 1 is 1.32 bits per heavy atom. The minimum absolute atomic E-state index is 0.0607. The van der Waals surface area contributed by atoms with Gasteiger partial charge in [0.1, 0.15) is 0 Å². The van der Waals surface area contributed by atoms with Gasteiger partial charge in [-0.25, -0.2) is 0 Å². The molecule has 0 heterocycles. The Kier molecular flexibility index (Phi) is 6.76. The average Bonchev–Trinajstić information content (AvgIpc) is 2.62. The Balaban J connectivity index is 2.69. The van der Waals surface area contributed by atoms with Gasteiger partial charge in [-0.1, -0.05) is 57.7 Å². The molecule has 1 aliphatic rings. The van der Waals surface area contributed by atoms with Gasteiger partial charge in [0, 0.05) is 6.04 Å². The molecule has 0 aromatic heterocycles. The molecule has 0 radical (unpaired) electrons. The van der Waals surface area contributed by atoms with Gasteiger partial charge in [-0.05, 0) is 26.2 Å². The molecule has 0 saturated heterocycles. The lowest BCUT2D eigenvalue weighted by Gasteiger charge is -2.31. The first-order valence-corrected chi connectivity index (χ1v) is 8.04. The molecule has 1 atom stereocenters. The van der Waals surface area contributed by atoms with Gasteiger partial charge in [0.05, 0.1) is 10.4 Å². The molecule has 0 aromatic rings. The van der Waals surface area contributed by atoms with E-state index in [2.05, 4.69) is 19.2 Å². The van der Waals surface area contributed by atoms with Gasteiger partial charge in [-0.2, -0.15) is 0 Å². The van der Waals surface area contributed by atoms with Crippen LogP contribution in [0.2, 0.25) is 0 Å². The van der Waals surface area contributed by atoms with Crippen LogP contribution >= 0.6 is 12.2 Å². The van der Waals surface area contributed by atoms with Gasteiger partial charge in [0.25, 0.3) is 0 Å². The van der Waals surface area contributed by atoms with Gasteiger partial charge < -0.3 is 11.1 Å². The van der Waals surface area contributed by atoms with Crippen molar-refractivity contribution in [3.05, 3.63) is 0 Å². The van der Waals surface area contributed by atoms with Crippen LogP contribution in [0.5, 0.6) is 0 Å². The molecule has 1 saturated carbocycles. The van der Waals surface area contributed by atoms with Crippen LogP contribution in [0.15, 0.2) is 0 Å². The van der Waals surface area contributed by atoms with Crippen molar-refractivity contribution in [2.45, 2.75) is 77.7 Å².